The Balaban J connectivity index is 2.38. The Bertz CT molecular complexity index is 1060. The van der Waals surface area contributed by atoms with Crippen molar-refractivity contribution < 1.29 is 44.2 Å². The molecular formula is C43H70O9. The van der Waals surface area contributed by atoms with Crippen LogP contribution in [0.1, 0.15) is 117 Å². The number of aliphatic hydroxyl groups is 4. The number of rotatable bonds is 31. The molecule has 52 heavy (non-hydrogen) atoms. The normalized spacial score (nSPS) is 22.2. The molecule has 1 heterocycles. The molecule has 0 spiro atoms. The molecular weight excluding hydrogens is 660 g/mol. The van der Waals surface area contributed by atoms with E-state index < -0.39 is 43.4 Å². The van der Waals surface area contributed by atoms with E-state index in [-0.39, 0.29) is 25.6 Å². The minimum Gasteiger partial charge on any atom is -0.457 e. The Kier molecular flexibility index (Phi) is 31.1. The highest BCUT2D eigenvalue weighted by molar-refractivity contribution is 5.69. The van der Waals surface area contributed by atoms with Gasteiger partial charge in [-0.15, -0.1) is 0 Å². The number of allylic oxidation sites excluding steroid dienone is 14. The molecule has 1 fully saturated rings. The first-order chi connectivity index (χ1) is 25.4. The Morgan fingerprint density at radius 3 is 1.63 bits per heavy atom. The number of carbonyl (C=O) groups is 1. The molecule has 0 saturated carbocycles. The fourth-order valence-corrected chi connectivity index (χ4v) is 5.26. The molecule has 296 valence electrons. The van der Waals surface area contributed by atoms with Crippen LogP contribution in [0.15, 0.2) is 85.1 Å². The van der Waals surface area contributed by atoms with E-state index in [0.717, 1.165) is 89.9 Å². The van der Waals surface area contributed by atoms with Gasteiger partial charge in [-0.05, 0) is 83.5 Å². The van der Waals surface area contributed by atoms with E-state index >= 15 is 0 Å². The van der Waals surface area contributed by atoms with E-state index in [1.54, 1.807) is 0 Å². The molecule has 0 radical (unpaired) electrons. The summed E-state index contributed by atoms with van der Waals surface area (Å²) in [5.41, 5.74) is 0. The number of hydrogen-bond acceptors (Lipinski definition) is 9. The van der Waals surface area contributed by atoms with Crippen LogP contribution in [0.25, 0.3) is 0 Å². The van der Waals surface area contributed by atoms with Crippen LogP contribution in [-0.4, -0.2) is 89.6 Å². The van der Waals surface area contributed by atoms with Gasteiger partial charge in [-0.25, -0.2) is 0 Å². The van der Waals surface area contributed by atoms with Gasteiger partial charge in [0.1, 0.15) is 30.5 Å². The van der Waals surface area contributed by atoms with E-state index in [2.05, 4.69) is 98.9 Å². The van der Waals surface area contributed by atoms with E-state index in [1.807, 2.05) is 0 Å². The molecule has 1 aliphatic heterocycles. The zero-order valence-corrected chi connectivity index (χ0v) is 32.0. The molecule has 0 aromatic heterocycles. The van der Waals surface area contributed by atoms with Crippen molar-refractivity contribution in [2.24, 2.45) is 0 Å². The van der Waals surface area contributed by atoms with E-state index in [1.165, 1.54) is 0 Å². The molecule has 0 aliphatic carbocycles. The summed E-state index contributed by atoms with van der Waals surface area (Å²) in [4.78, 5) is 12.7. The van der Waals surface area contributed by atoms with E-state index in [4.69, 9.17) is 18.9 Å². The Morgan fingerprint density at radius 1 is 0.615 bits per heavy atom. The number of unbranched alkanes of at least 4 members (excludes halogenated alkanes) is 6. The molecule has 6 atom stereocenters. The quantitative estimate of drug-likeness (QED) is 0.0319. The lowest BCUT2D eigenvalue weighted by atomic mass is 9.99. The van der Waals surface area contributed by atoms with Crippen molar-refractivity contribution in [3.05, 3.63) is 85.1 Å². The van der Waals surface area contributed by atoms with E-state index in [0.29, 0.717) is 13.0 Å². The first-order valence-corrected chi connectivity index (χ1v) is 19.7. The topological polar surface area (TPSA) is 135 Å². The maximum atomic E-state index is 12.7. The SMILES string of the molecule is CC/C=C\C/C=C\C/C=C\C/C=C\CCCCCOCC(COC1OC(CO)C(O)C(O)C1O)OC(=O)CCCCC/C=C\C/C=C\C/C=C\CC. The monoisotopic (exact) mass is 731 g/mol. The molecule has 0 aromatic rings. The third-order valence-electron chi connectivity index (χ3n) is 8.31. The summed E-state index contributed by atoms with van der Waals surface area (Å²) in [5, 5.41) is 40.0. The summed E-state index contributed by atoms with van der Waals surface area (Å²) in [6, 6.07) is 0. The molecule has 0 amide bonds. The second kappa shape index (κ2) is 34.2. The van der Waals surface area contributed by atoms with E-state index in [9.17, 15) is 25.2 Å². The van der Waals surface area contributed by atoms with Crippen LogP contribution < -0.4 is 0 Å². The molecule has 9 nitrogen and oxygen atoms in total. The molecule has 0 aromatic carbocycles. The highest BCUT2D eigenvalue weighted by Crippen LogP contribution is 2.22. The van der Waals surface area contributed by atoms with Crippen LogP contribution >= 0.6 is 0 Å². The second-order valence-corrected chi connectivity index (χ2v) is 13.0. The van der Waals surface area contributed by atoms with Crippen LogP contribution in [0.3, 0.4) is 0 Å². The lowest BCUT2D eigenvalue weighted by molar-refractivity contribution is -0.305. The van der Waals surface area contributed by atoms with Crippen molar-refractivity contribution in [3.63, 3.8) is 0 Å². The van der Waals surface area contributed by atoms with Crippen molar-refractivity contribution in [1.82, 2.24) is 0 Å². The number of aliphatic hydroxyl groups excluding tert-OH is 4. The number of carbonyl (C=O) groups excluding carboxylic acids is 1. The molecule has 6 unspecified atom stereocenters. The molecule has 4 N–H and O–H groups in total. The van der Waals surface area contributed by atoms with Gasteiger partial charge in [0, 0.05) is 13.0 Å². The zero-order chi connectivity index (χ0) is 37.9. The van der Waals surface area contributed by atoms with Crippen LogP contribution in [0.2, 0.25) is 0 Å². The summed E-state index contributed by atoms with van der Waals surface area (Å²) >= 11 is 0. The zero-order valence-electron chi connectivity index (χ0n) is 32.0. The summed E-state index contributed by atoms with van der Waals surface area (Å²) in [6.07, 6.45) is 37.6. The lowest BCUT2D eigenvalue weighted by Gasteiger charge is -2.39. The van der Waals surface area contributed by atoms with Gasteiger partial charge >= 0.3 is 5.97 Å². The molecule has 1 aliphatic rings. The molecule has 0 bridgehead atoms. The molecule has 9 heteroatoms. The summed E-state index contributed by atoms with van der Waals surface area (Å²) in [5.74, 6) is -0.360. The average Bonchev–Trinajstić information content (AvgIpc) is 3.14. The Morgan fingerprint density at radius 2 is 1.12 bits per heavy atom. The van der Waals surface area contributed by atoms with Crippen molar-refractivity contribution in [2.45, 2.75) is 153 Å². The first kappa shape index (κ1) is 47.4. The van der Waals surface area contributed by atoms with Gasteiger partial charge in [0.2, 0.25) is 0 Å². The summed E-state index contributed by atoms with van der Waals surface area (Å²) in [6.45, 7) is 4.17. The van der Waals surface area contributed by atoms with Crippen LogP contribution in [0, 0.1) is 0 Å². The largest absolute Gasteiger partial charge is 0.457 e. The fraction of sp³-hybridized carbons (Fsp3) is 0.651. The Labute approximate surface area is 314 Å². The van der Waals surface area contributed by atoms with Gasteiger partial charge in [-0.3, -0.25) is 4.79 Å². The predicted octanol–water partition coefficient (Wildman–Crippen LogP) is 7.91. The minimum absolute atomic E-state index is 0.105. The first-order valence-electron chi connectivity index (χ1n) is 19.7. The number of ether oxygens (including phenoxy) is 4. The predicted molar refractivity (Wildman–Crippen MR) is 210 cm³/mol. The number of esters is 1. The molecule has 1 rings (SSSR count). The molecule has 1 saturated heterocycles. The van der Waals surface area contributed by atoms with Gasteiger partial charge in [0.05, 0.1) is 19.8 Å². The van der Waals surface area contributed by atoms with Gasteiger partial charge < -0.3 is 39.4 Å². The Hall–Kier alpha value is -2.63. The fourth-order valence-electron chi connectivity index (χ4n) is 5.26. The van der Waals surface area contributed by atoms with Crippen molar-refractivity contribution in [2.75, 3.05) is 26.4 Å². The van der Waals surface area contributed by atoms with Gasteiger partial charge in [0.15, 0.2) is 6.29 Å². The van der Waals surface area contributed by atoms with Crippen LogP contribution in [0.4, 0.5) is 0 Å². The highest BCUT2D eigenvalue weighted by atomic mass is 16.7. The number of hydrogen-bond donors (Lipinski definition) is 4. The minimum atomic E-state index is -1.55. The smallest absolute Gasteiger partial charge is 0.306 e. The third kappa shape index (κ3) is 25.4. The summed E-state index contributed by atoms with van der Waals surface area (Å²) in [7, 11) is 0. The second-order valence-electron chi connectivity index (χ2n) is 13.0. The van der Waals surface area contributed by atoms with Gasteiger partial charge in [0.25, 0.3) is 0 Å². The van der Waals surface area contributed by atoms with Gasteiger partial charge in [-0.1, -0.05) is 112 Å². The van der Waals surface area contributed by atoms with Gasteiger partial charge in [-0.2, -0.15) is 0 Å². The van der Waals surface area contributed by atoms with Crippen molar-refractivity contribution >= 4 is 5.97 Å². The highest BCUT2D eigenvalue weighted by Gasteiger charge is 2.44. The maximum Gasteiger partial charge on any atom is 0.306 e. The average molecular weight is 731 g/mol. The van der Waals surface area contributed by atoms with Crippen LogP contribution in [-0.2, 0) is 23.7 Å². The van der Waals surface area contributed by atoms with Crippen molar-refractivity contribution in [3.8, 4) is 0 Å². The lowest BCUT2D eigenvalue weighted by Crippen LogP contribution is -2.59. The van der Waals surface area contributed by atoms with Crippen LogP contribution in [0.5, 0.6) is 0 Å². The summed E-state index contributed by atoms with van der Waals surface area (Å²) < 4.78 is 22.6. The maximum absolute atomic E-state index is 12.7. The third-order valence-corrected chi connectivity index (χ3v) is 8.31. The van der Waals surface area contributed by atoms with Crippen molar-refractivity contribution in [1.29, 1.82) is 0 Å². The standard InChI is InChI=1S/C43H70O9/c1-3-5-7-9-11-13-15-17-18-19-21-23-25-27-29-31-33-49-35-37(36-50-43-42(48)41(47)40(46)38(34-44)52-43)51-39(45)32-30-28-26-24-22-20-16-14-12-10-8-6-4-2/h5-8,11-14,17-18,20-23,37-38,40-44,46-48H,3-4,9-10,15-16,19,24-36H2,1-2H3/b7-5-,8-6-,13-11-,14-12-,18-17-,22-20-,23-21-.